The fourth-order valence-corrected chi connectivity index (χ4v) is 2.85. The molecule has 0 amide bonds. The second kappa shape index (κ2) is 5.03. The quantitative estimate of drug-likeness (QED) is 0.886. The van der Waals surface area contributed by atoms with Gasteiger partial charge in [0.1, 0.15) is 11.0 Å². The third-order valence-electron chi connectivity index (χ3n) is 2.67. The number of nitrogens with one attached hydrogen (secondary N) is 1. The predicted octanol–water partition coefficient (Wildman–Crippen LogP) is 2.83. The van der Waals surface area contributed by atoms with Gasteiger partial charge in [-0.25, -0.2) is 4.98 Å². The molecule has 1 heterocycles. The van der Waals surface area contributed by atoms with E-state index in [0.29, 0.717) is 11.2 Å². The number of thioether (sulfide) groups is 1. The van der Waals surface area contributed by atoms with E-state index in [0.717, 1.165) is 11.1 Å². The molecule has 0 aliphatic heterocycles. The molecule has 2 atom stereocenters. The summed E-state index contributed by atoms with van der Waals surface area (Å²) in [6.07, 6.45) is 9.14. The highest BCUT2D eigenvalue weighted by atomic mass is 35.5. The molecule has 15 heavy (non-hydrogen) atoms. The Morgan fingerprint density at radius 1 is 1.47 bits per heavy atom. The Bertz CT molecular complexity index is 334. The van der Waals surface area contributed by atoms with E-state index in [1.54, 1.807) is 12.4 Å². The zero-order valence-electron chi connectivity index (χ0n) is 8.61. The molecule has 82 valence electrons. The zero-order valence-corrected chi connectivity index (χ0v) is 10.2. The third-order valence-corrected chi connectivity index (χ3v) is 3.95. The molecule has 1 N–H and O–H groups in total. The lowest BCUT2D eigenvalue weighted by Crippen LogP contribution is -2.16. The smallest absolute Gasteiger partial charge is 0.149 e. The van der Waals surface area contributed by atoms with Crippen LogP contribution in [0.25, 0.3) is 0 Å². The Morgan fingerprint density at radius 3 is 3.00 bits per heavy atom. The maximum Gasteiger partial charge on any atom is 0.149 e. The molecular weight excluding hydrogens is 230 g/mol. The minimum atomic E-state index is 0.444. The van der Waals surface area contributed by atoms with Crippen LogP contribution in [0.4, 0.5) is 5.82 Å². The summed E-state index contributed by atoms with van der Waals surface area (Å²) in [5.41, 5.74) is 0. The van der Waals surface area contributed by atoms with Crippen molar-refractivity contribution in [1.82, 2.24) is 9.97 Å². The molecule has 1 aromatic rings. The van der Waals surface area contributed by atoms with Crippen LogP contribution in [-0.2, 0) is 0 Å². The van der Waals surface area contributed by atoms with Crippen LogP contribution >= 0.6 is 23.4 Å². The van der Waals surface area contributed by atoms with Crippen LogP contribution in [0.1, 0.15) is 19.3 Å². The van der Waals surface area contributed by atoms with Crippen molar-refractivity contribution in [3.05, 3.63) is 17.5 Å². The van der Waals surface area contributed by atoms with Crippen molar-refractivity contribution in [2.45, 2.75) is 30.6 Å². The van der Waals surface area contributed by atoms with Gasteiger partial charge in [0.2, 0.25) is 0 Å². The number of anilines is 1. The first-order valence-electron chi connectivity index (χ1n) is 5.05. The van der Waals surface area contributed by atoms with Gasteiger partial charge in [0.05, 0.1) is 12.4 Å². The molecule has 0 spiro atoms. The normalized spacial score (nSPS) is 25.5. The van der Waals surface area contributed by atoms with E-state index in [-0.39, 0.29) is 0 Å². The number of aromatic nitrogens is 2. The van der Waals surface area contributed by atoms with Gasteiger partial charge in [-0.2, -0.15) is 11.8 Å². The summed E-state index contributed by atoms with van der Waals surface area (Å²) >= 11 is 7.72. The summed E-state index contributed by atoms with van der Waals surface area (Å²) in [7, 11) is 0. The summed E-state index contributed by atoms with van der Waals surface area (Å²) in [4.78, 5) is 8.18. The van der Waals surface area contributed by atoms with E-state index in [1.165, 1.54) is 19.3 Å². The van der Waals surface area contributed by atoms with Gasteiger partial charge in [-0.15, -0.1) is 0 Å². The first kappa shape index (κ1) is 11.0. The number of hydrogen-bond donors (Lipinski definition) is 1. The zero-order chi connectivity index (χ0) is 10.7. The highest BCUT2D eigenvalue weighted by Crippen LogP contribution is 2.29. The molecule has 0 saturated heterocycles. The molecular formula is C10H14ClN3S. The van der Waals surface area contributed by atoms with Crippen LogP contribution in [0, 0.1) is 0 Å². The molecule has 5 heteroatoms. The lowest BCUT2D eigenvalue weighted by Gasteiger charge is -2.12. The Hall–Kier alpha value is -0.480. The molecule has 0 aromatic carbocycles. The fourth-order valence-electron chi connectivity index (χ4n) is 1.91. The van der Waals surface area contributed by atoms with E-state index in [2.05, 4.69) is 21.5 Å². The van der Waals surface area contributed by atoms with E-state index in [9.17, 15) is 0 Å². The minimum Gasteiger partial charge on any atom is -0.366 e. The lowest BCUT2D eigenvalue weighted by atomic mass is 10.2. The molecule has 1 aromatic heterocycles. The van der Waals surface area contributed by atoms with Crippen LogP contribution in [0.2, 0.25) is 5.15 Å². The molecule has 0 radical (unpaired) electrons. The molecule has 2 rings (SSSR count). The van der Waals surface area contributed by atoms with Gasteiger partial charge in [0.25, 0.3) is 0 Å². The minimum absolute atomic E-state index is 0.444. The Labute approximate surface area is 99.0 Å². The number of nitrogens with zero attached hydrogens (tertiary/aromatic N) is 2. The van der Waals surface area contributed by atoms with E-state index in [1.807, 2.05) is 11.8 Å². The molecule has 1 aliphatic rings. The first-order valence-corrected chi connectivity index (χ1v) is 6.71. The predicted molar refractivity (Wildman–Crippen MR) is 65.6 cm³/mol. The van der Waals surface area contributed by atoms with Gasteiger partial charge >= 0.3 is 0 Å². The van der Waals surface area contributed by atoms with Crippen molar-refractivity contribution in [3.8, 4) is 0 Å². The molecule has 1 saturated carbocycles. The molecule has 2 unspecified atom stereocenters. The van der Waals surface area contributed by atoms with Crippen LogP contribution in [0.15, 0.2) is 12.4 Å². The fraction of sp³-hybridized carbons (Fsp3) is 0.600. The molecule has 1 fully saturated rings. The van der Waals surface area contributed by atoms with Crippen molar-refractivity contribution in [2.75, 3.05) is 11.6 Å². The van der Waals surface area contributed by atoms with Crippen LogP contribution in [0.3, 0.4) is 0 Å². The van der Waals surface area contributed by atoms with E-state index in [4.69, 9.17) is 11.6 Å². The highest BCUT2D eigenvalue weighted by Gasteiger charge is 2.23. The second-order valence-electron chi connectivity index (χ2n) is 3.74. The van der Waals surface area contributed by atoms with E-state index < -0.39 is 0 Å². The number of hydrogen-bond acceptors (Lipinski definition) is 4. The number of rotatable bonds is 3. The van der Waals surface area contributed by atoms with Gasteiger partial charge in [-0.05, 0) is 25.5 Å². The monoisotopic (exact) mass is 243 g/mol. The average Bonchev–Trinajstić information content (AvgIpc) is 2.65. The maximum atomic E-state index is 5.77. The highest BCUT2D eigenvalue weighted by molar-refractivity contribution is 7.99. The summed E-state index contributed by atoms with van der Waals surface area (Å²) in [6.45, 7) is 0. The topological polar surface area (TPSA) is 37.8 Å². The van der Waals surface area contributed by atoms with Crippen LogP contribution in [-0.4, -0.2) is 27.5 Å². The summed E-state index contributed by atoms with van der Waals surface area (Å²) in [6, 6.07) is 0.523. The van der Waals surface area contributed by atoms with Crippen molar-refractivity contribution in [3.63, 3.8) is 0 Å². The largest absolute Gasteiger partial charge is 0.366 e. The average molecular weight is 244 g/mol. The second-order valence-corrected chi connectivity index (χ2v) is 5.26. The van der Waals surface area contributed by atoms with Crippen molar-refractivity contribution < 1.29 is 0 Å². The summed E-state index contributed by atoms with van der Waals surface area (Å²) in [5, 5.41) is 4.61. The molecule has 3 nitrogen and oxygen atoms in total. The Balaban J connectivity index is 1.92. The van der Waals surface area contributed by atoms with Crippen molar-refractivity contribution >= 4 is 29.2 Å². The first-order chi connectivity index (χ1) is 7.28. The van der Waals surface area contributed by atoms with Gasteiger partial charge in [-0.1, -0.05) is 11.6 Å². The van der Waals surface area contributed by atoms with Crippen LogP contribution in [0.5, 0.6) is 0 Å². The lowest BCUT2D eigenvalue weighted by molar-refractivity contribution is 0.751. The van der Waals surface area contributed by atoms with Crippen molar-refractivity contribution in [2.24, 2.45) is 0 Å². The Morgan fingerprint density at radius 2 is 2.33 bits per heavy atom. The standard InChI is InChI=1S/C10H14ClN3S/c1-15-8-3-2-7(4-8)13-10-6-12-5-9(11)14-10/h5-8H,2-4H2,1H3,(H,13,14). The molecule has 0 bridgehead atoms. The summed E-state index contributed by atoms with van der Waals surface area (Å²) < 4.78 is 0. The Kier molecular flexibility index (Phi) is 3.70. The van der Waals surface area contributed by atoms with Gasteiger partial charge in [-0.3, -0.25) is 4.98 Å². The number of halogens is 1. The van der Waals surface area contributed by atoms with E-state index >= 15 is 0 Å². The van der Waals surface area contributed by atoms with Crippen LogP contribution < -0.4 is 5.32 Å². The maximum absolute atomic E-state index is 5.77. The van der Waals surface area contributed by atoms with Gasteiger partial charge in [0.15, 0.2) is 0 Å². The van der Waals surface area contributed by atoms with Crippen molar-refractivity contribution in [1.29, 1.82) is 0 Å². The molecule has 1 aliphatic carbocycles. The summed E-state index contributed by atoms with van der Waals surface area (Å²) in [5.74, 6) is 0.786. The SMILES string of the molecule is CSC1CCC(Nc2cncc(Cl)n2)C1. The van der Waals surface area contributed by atoms with Gasteiger partial charge < -0.3 is 5.32 Å². The third kappa shape index (κ3) is 2.98. The van der Waals surface area contributed by atoms with Gasteiger partial charge in [0, 0.05) is 11.3 Å².